The lowest BCUT2D eigenvalue weighted by molar-refractivity contribution is 0.281. The number of hydrogen-bond acceptors (Lipinski definition) is 6. The van der Waals surface area contributed by atoms with Crippen LogP contribution in [-0.4, -0.2) is 41.1 Å². The van der Waals surface area contributed by atoms with Gasteiger partial charge in [0.1, 0.15) is 9.57 Å². The SMILES string of the molecule is CCN(CC)Cc1cc(-c2ssc(=S)c2-c2ccc(C)cc2)cc(CN(CC)CC)c1O. The van der Waals surface area contributed by atoms with E-state index in [1.54, 1.807) is 20.7 Å². The third kappa shape index (κ3) is 5.67. The van der Waals surface area contributed by atoms with E-state index in [0.717, 1.165) is 70.9 Å². The number of phenols is 1. The summed E-state index contributed by atoms with van der Waals surface area (Å²) in [5, 5.41) is 11.2. The molecule has 3 rings (SSSR count). The zero-order valence-electron chi connectivity index (χ0n) is 19.8. The largest absolute Gasteiger partial charge is 0.507 e. The van der Waals surface area contributed by atoms with Gasteiger partial charge in [0.05, 0.1) is 4.88 Å². The molecule has 0 spiro atoms. The summed E-state index contributed by atoms with van der Waals surface area (Å²) in [6, 6.07) is 13.0. The Morgan fingerprint density at radius 2 is 1.28 bits per heavy atom. The van der Waals surface area contributed by atoms with Crippen molar-refractivity contribution in [2.45, 2.75) is 47.7 Å². The fraction of sp³-hybridized carbons (Fsp3) is 0.423. The van der Waals surface area contributed by atoms with Gasteiger partial charge in [-0.1, -0.05) is 90.4 Å². The minimum Gasteiger partial charge on any atom is -0.507 e. The summed E-state index contributed by atoms with van der Waals surface area (Å²) in [5.74, 6) is 0.434. The van der Waals surface area contributed by atoms with E-state index in [4.69, 9.17) is 12.2 Å². The molecule has 6 heteroatoms. The van der Waals surface area contributed by atoms with Crippen molar-refractivity contribution in [3.05, 3.63) is 56.9 Å². The van der Waals surface area contributed by atoms with E-state index < -0.39 is 0 Å². The van der Waals surface area contributed by atoms with Gasteiger partial charge in [0.25, 0.3) is 0 Å². The van der Waals surface area contributed by atoms with Gasteiger partial charge in [-0.05, 0) is 56.4 Å². The summed E-state index contributed by atoms with van der Waals surface area (Å²) in [4.78, 5) is 5.89. The maximum Gasteiger partial charge on any atom is 0.124 e. The molecule has 2 aromatic carbocycles. The summed E-state index contributed by atoms with van der Waals surface area (Å²) in [5.41, 5.74) is 6.69. The molecule has 0 radical (unpaired) electrons. The highest BCUT2D eigenvalue weighted by atomic mass is 32.9. The lowest BCUT2D eigenvalue weighted by Crippen LogP contribution is -2.24. The third-order valence-corrected chi connectivity index (χ3v) is 9.14. The van der Waals surface area contributed by atoms with Gasteiger partial charge in [0.15, 0.2) is 0 Å². The molecule has 0 aliphatic carbocycles. The predicted molar refractivity (Wildman–Crippen MR) is 144 cm³/mol. The summed E-state index contributed by atoms with van der Waals surface area (Å²) in [7, 11) is 3.40. The normalized spacial score (nSPS) is 11.6. The first-order chi connectivity index (χ1) is 15.4. The number of hydrogen-bond donors (Lipinski definition) is 1. The van der Waals surface area contributed by atoms with Crippen molar-refractivity contribution in [2.24, 2.45) is 0 Å². The zero-order valence-corrected chi connectivity index (χ0v) is 22.2. The van der Waals surface area contributed by atoms with Crippen LogP contribution in [0.4, 0.5) is 0 Å². The molecule has 0 amide bonds. The molecule has 3 nitrogen and oxygen atoms in total. The van der Waals surface area contributed by atoms with Crippen molar-refractivity contribution in [3.8, 4) is 27.3 Å². The highest BCUT2D eigenvalue weighted by molar-refractivity contribution is 7.80. The van der Waals surface area contributed by atoms with E-state index in [-0.39, 0.29) is 0 Å². The molecule has 172 valence electrons. The van der Waals surface area contributed by atoms with Crippen LogP contribution in [0.15, 0.2) is 36.4 Å². The Morgan fingerprint density at radius 1 is 0.781 bits per heavy atom. The monoisotopic (exact) mass is 486 g/mol. The standard InChI is InChI=1S/C26H34N2OS3/c1-6-27(7-2)16-21-14-20(15-22(24(21)29)17-28(8-3)9-4)25-23(26(30)32-31-25)19-12-10-18(5)11-13-19/h10-15,29H,6-9,16-17H2,1-5H3. The van der Waals surface area contributed by atoms with Gasteiger partial charge < -0.3 is 5.11 Å². The lowest BCUT2D eigenvalue weighted by Gasteiger charge is -2.23. The van der Waals surface area contributed by atoms with Crippen LogP contribution in [0.3, 0.4) is 0 Å². The van der Waals surface area contributed by atoms with E-state index in [1.807, 2.05) is 0 Å². The first-order valence-corrected chi connectivity index (χ1v) is 14.0. The highest BCUT2D eigenvalue weighted by Crippen LogP contribution is 2.43. The predicted octanol–water partition coefficient (Wildman–Crippen LogP) is 7.57. The first kappa shape index (κ1) is 25.1. The zero-order chi connectivity index (χ0) is 23.3. The summed E-state index contributed by atoms with van der Waals surface area (Å²) in [6.45, 7) is 16.1. The lowest BCUT2D eigenvalue weighted by atomic mass is 9.98. The number of benzene rings is 2. The highest BCUT2D eigenvalue weighted by Gasteiger charge is 2.19. The van der Waals surface area contributed by atoms with Gasteiger partial charge in [-0.2, -0.15) is 0 Å². The van der Waals surface area contributed by atoms with Crippen molar-refractivity contribution >= 4 is 32.9 Å². The summed E-state index contributed by atoms with van der Waals surface area (Å²) in [6.07, 6.45) is 0. The van der Waals surface area contributed by atoms with Gasteiger partial charge in [0, 0.05) is 29.8 Å². The number of rotatable bonds is 10. The van der Waals surface area contributed by atoms with E-state index in [2.05, 4.69) is 80.8 Å². The molecule has 0 aliphatic heterocycles. The van der Waals surface area contributed by atoms with E-state index >= 15 is 0 Å². The molecule has 1 heterocycles. The van der Waals surface area contributed by atoms with Gasteiger partial charge in [0.2, 0.25) is 0 Å². The second-order valence-electron chi connectivity index (χ2n) is 8.09. The van der Waals surface area contributed by atoms with Crippen LogP contribution < -0.4 is 0 Å². The number of phenolic OH excluding ortho intramolecular Hbond substituents is 1. The minimum atomic E-state index is 0.434. The van der Waals surface area contributed by atoms with Gasteiger partial charge >= 0.3 is 0 Å². The molecule has 0 fully saturated rings. The van der Waals surface area contributed by atoms with Crippen molar-refractivity contribution < 1.29 is 5.11 Å². The van der Waals surface area contributed by atoms with E-state index in [0.29, 0.717) is 5.75 Å². The van der Waals surface area contributed by atoms with E-state index in [1.165, 1.54) is 10.4 Å². The second-order valence-corrected chi connectivity index (χ2v) is 10.9. The fourth-order valence-electron chi connectivity index (χ4n) is 3.93. The van der Waals surface area contributed by atoms with Crippen LogP contribution in [0, 0.1) is 10.7 Å². The maximum atomic E-state index is 11.2. The van der Waals surface area contributed by atoms with Crippen molar-refractivity contribution in [1.29, 1.82) is 0 Å². The Kier molecular flexibility index (Phi) is 9.03. The molecular formula is C26H34N2OS3. The van der Waals surface area contributed by atoms with Crippen LogP contribution >= 0.6 is 32.9 Å². The molecule has 32 heavy (non-hydrogen) atoms. The maximum absolute atomic E-state index is 11.2. The van der Waals surface area contributed by atoms with Crippen molar-refractivity contribution in [1.82, 2.24) is 9.80 Å². The smallest absolute Gasteiger partial charge is 0.124 e. The molecular weight excluding hydrogens is 453 g/mol. The van der Waals surface area contributed by atoms with Crippen LogP contribution in [-0.2, 0) is 13.1 Å². The Balaban J connectivity index is 2.16. The van der Waals surface area contributed by atoms with E-state index in [9.17, 15) is 5.11 Å². The summed E-state index contributed by atoms with van der Waals surface area (Å²) >= 11 is 5.76. The fourth-order valence-corrected chi connectivity index (χ4v) is 6.83. The molecule has 0 saturated heterocycles. The number of aryl methyl sites for hydroxylation is 1. The average Bonchev–Trinajstić information content (AvgIpc) is 3.19. The molecule has 0 bridgehead atoms. The molecule has 0 saturated carbocycles. The van der Waals surface area contributed by atoms with Crippen LogP contribution in [0.5, 0.6) is 5.75 Å². The second kappa shape index (κ2) is 11.5. The van der Waals surface area contributed by atoms with Crippen LogP contribution in [0.1, 0.15) is 44.4 Å². The Morgan fingerprint density at radius 3 is 1.75 bits per heavy atom. The first-order valence-electron chi connectivity index (χ1n) is 11.4. The number of aromatic hydroxyl groups is 1. The van der Waals surface area contributed by atoms with Crippen molar-refractivity contribution in [3.63, 3.8) is 0 Å². The van der Waals surface area contributed by atoms with Crippen LogP contribution in [0.2, 0.25) is 0 Å². The molecule has 3 aromatic rings. The Bertz CT molecular complexity index is 1040. The molecule has 1 N–H and O–H groups in total. The average molecular weight is 487 g/mol. The topological polar surface area (TPSA) is 26.7 Å². The third-order valence-electron chi connectivity index (χ3n) is 6.08. The summed E-state index contributed by atoms with van der Waals surface area (Å²) < 4.78 is 0.928. The Hall–Kier alpha value is -1.57. The Labute approximate surface area is 205 Å². The quantitative estimate of drug-likeness (QED) is 0.236. The van der Waals surface area contributed by atoms with Crippen molar-refractivity contribution in [2.75, 3.05) is 26.2 Å². The van der Waals surface area contributed by atoms with Crippen LogP contribution in [0.25, 0.3) is 21.6 Å². The molecule has 0 unspecified atom stereocenters. The number of nitrogens with zero attached hydrogens (tertiary/aromatic N) is 2. The minimum absolute atomic E-state index is 0.434. The van der Waals surface area contributed by atoms with Gasteiger partial charge in [-0.25, -0.2) is 0 Å². The van der Waals surface area contributed by atoms with Gasteiger partial charge in [-0.15, -0.1) is 0 Å². The molecule has 0 aliphatic rings. The molecule has 1 aromatic heterocycles. The molecule has 0 atom stereocenters. The van der Waals surface area contributed by atoms with Gasteiger partial charge in [-0.3, -0.25) is 9.80 Å².